The number of hydrogen-bond acceptors (Lipinski definition) is 3. The number of unbranched alkanes of at least 4 members (excludes halogenated alkanes) is 1. The summed E-state index contributed by atoms with van der Waals surface area (Å²) in [7, 11) is 0. The molecular formula is C17H25NO2S. The van der Waals surface area contributed by atoms with Gasteiger partial charge >= 0.3 is 6.09 Å². The molecule has 1 saturated carbocycles. The van der Waals surface area contributed by atoms with E-state index in [2.05, 4.69) is 29.6 Å². The Morgan fingerprint density at radius 2 is 1.90 bits per heavy atom. The van der Waals surface area contributed by atoms with Crippen LogP contribution in [0.5, 0.6) is 0 Å². The van der Waals surface area contributed by atoms with Crippen molar-refractivity contribution in [2.24, 2.45) is 0 Å². The summed E-state index contributed by atoms with van der Waals surface area (Å²) < 4.78 is 5.41. The van der Waals surface area contributed by atoms with Crippen LogP contribution in [0.15, 0.2) is 35.2 Å². The van der Waals surface area contributed by atoms with E-state index >= 15 is 0 Å². The number of alkyl carbamates (subject to hydrolysis) is 1. The minimum Gasteiger partial charge on any atom is -0.446 e. The Hall–Kier alpha value is -1.16. The molecule has 2 rings (SSSR count). The molecule has 1 N–H and O–H groups in total. The Labute approximate surface area is 131 Å². The van der Waals surface area contributed by atoms with Crippen molar-refractivity contribution in [1.29, 1.82) is 0 Å². The summed E-state index contributed by atoms with van der Waals surface area (Å²) in [5.41, 5.74) is 0. The van der Waals surface area contributed by atoms with E-state index in [9.17, 15) is 4.79 Å². The van der Waals surface area contributed by atoms with Crippen molar-refractivity contribution in [1.82, 2.24) is 5.32 Å². The molecule has 21 heavy (non-hydrogen) atoms. The SMILES string of the molecule is O=C(NCCCCSc1ccccc1)OC1CCCCC1. The monoisotopic (exact) mass is 307 g/mol. The van der Waals surface area contributed by atoms with E-state index in [0.29, 0.717) is 6.54 Å². The van der Waals surface area contributed by atoms with E-state index in [-0.39, 0.29) is 12.2 Å². The number of carbonyl (C=O) groups is 1. The zero-order chi connectivity index (χ0) is 14.8. The van der Waals surface area contributed by atoms with E-state index in [0.717, 1.165) is 31.4 Å². The van der Waals surface area contributed by atoms with Gasteiger partial charge in [0.1, 0.15) is 6.10 Å². The molecule has 0 heterocycles. The van der Waals surface area contributed by atoms with Crippen LogP contribution in [0.3, 0.4) is 0 Å². The van der Waals surface area contributed by atoms with Crippen molar-refractivity contribution in [2.75, 3.05) is 12.3 Å². The molecule has 1 aliphatic rings. The lowest BCUT2D eigenvalue weighted by Crippen LogP contribution is -2.30. The highest BCUT2D eigenvalue weighted by atomic mass is 32.2. The van der Waals surface area contributed by atoms with Crippen LogP contribution >= 0.6 is 11.8 Å². The summed E-state index contributed by atoms with van der Waals surface area (Å²) in [5.74, 6) is 1.09. The lowest BCUT2D eigenvalue weighted by atomic mass is 9.98. The number of ether oxygens (including phenoxy) is 1. The predicted molar refractivity (Wildman–Crippen MR) is 87.8 cm³/mol. The Morgan fingerprint density at radius 1 is 1.14 bits per heavy atom. The second-order valence-electron chi connectivity index (χ2n) is 5.46. The maximum atomic E-state index is 11.6. The largest absolute Gasteiger partial charge is 0.446 e. The second-order valence-corrected chi connectivity index (χ2v) is 6.63. The van der Waals surface area contributed by atoms with E-state index in [1.54, 1.807) is 0 Å². The van der Waals surface area contributed by atoms with E-state index < -0.39 is 0 Å². The predicted octanol–water partition coefficient (Wildman–Crippen LogP) is 4.62. The molecule has 0 aromatic heterocycles. The summed E-state index contributed by atoms with van der Waals surface area (Å²) >= 11 is 1.86. The van der Waals surface area contributed by atoms with Crippen LogP contribution < -0.4 is 5.32 Å². The van der Waals surface area contributed by atoms with Gasteiger partial charge in [-0.15, -0.1) is 11.8 Å². The van der Waals surface area contributed by atoms with Gasteiger partial charge in [-0.2, -0.15) is 0 Å². The zero-order valence-electron chi connectivity index (χ0n) is 12.6. The van der Waals surface area contributed by atoms with Gasteiger partial charge in [-0.05, 0) is 56.4 Å². The number of rotatable bonds is 7. The van der Waals surface area contributed by atoms with E-state index in [1.807, 2.05) is 17.8 Å². The Balaban J connectivity index is 1.46. The summed E-state index contributed by atoms with van der Waals surface area (Å²) in [6.07, 6.45) is 7.72. The van der Waals surface area contributed by atoms with Gasteiger partial charge in [0.05, 0.1) is 0 Å². The van der Waals surface area contributed by atoms with Gasteiger partial charge in [0.15, 0.2) is 0 Å². The summed E-state index contributed by atoms with van der Waals surface area (Å²) in [4.78, 5) is 12.9. The maximum absolute atomic E-state index is 11.6. The number of carbonyl (C=O) groups excluding carboxylic acids is 1. The third-order valence-corrected chi connectivity index (χ3v) is 4.78. The number of nitrogens with one attached hydrogen (secondary N) is 1. The molecule has 4 heteroatoms. The fraction of sp³-hybridized carbons (Fsp3) is 0.588. The lowest BCUT2D eigenvalue weighted by molar-refractivity contribution is 0.0754. The molecule has 1 aliphatic carbocycles. The highest BCUT2D eigenvalue weighted by Gasteiger charge is 2.16. The van der Waals surface area contributed by atoms with E-state index in [4.69, 9.17) is 4.74 Å². The van der Waals surface area contributed by atoms with Gasteiger partial charge in [0.25, 0.3) is 0 Å². The normalized spacial score (nSPS) is 15.6. The van der Waals surface area contributed by atoms with Gasteiger partial charge < -0.3 is 10.1 Å². The number of benzene rings is 1. The Morgan fingerprint density at radius 3 is 2.67 bits per heavy atom. The topological polar surface area (TPSA) is 38.3 Å². The minimum atomic E-state index is -0.238. The molecule has 1 aromatic rings. The standard InChI is InChI=1S/C17H25NO2S/c19-17(20-15-9-3-1-4-10-15)18-13-7-8-14-21-16-11-5-2-6-12-16/h2,5-6,11-12,15H,1,3-4,7-10,13-14H2,(H,18,19). The minimum absolute atomic E-state index is 0.146. The molecule has 0 saturated heterocycles. The van der Waals surface area contributed by atoms with Crippen LogP contribution in [0.4, 0.5) is 4.79 Å². The average molecular weight is 307 g/mol. The number of thioether (sulfide) groups is 1. The Bertz CT molecular complexity index is 405. The molecule has 0 bridgehead atoms. The fourth-order valence-electron chi connectivity index (χ4n) is 2.50. The first-order valence-corrected chi connectivity index (χ1v) is 8.95. The van der Waals surface area contributed by atoms with Crippen LogP contribution in [0, 0.1) is 0 Å². The smallest absolute Gasteiger partial charge is 0.407 e. The summed E-state index contributed by atoms with van der Waals surface area (Å²) in [5, 5.41) is 2.86. The zero-order valence-corrected chi connectivity index (χ0v) is 13.4. The molecule has 0 atom stereocenters. The molecule has 3 nitrogen and oxygen atoms in total. The fourth-order valence-corrected chi connectivity index (χ4v) is 3.43. The number of amides is 1. The summed E-state index contributed by atoms with van der Waals surface area (Å²) in [6.45, 7) is 0.709. The number of hydrogen-bond donors (Lipinski definition) is 1. The van der Waals surface area contributed by atoms with Crippen molar-refractivity contribution in [3.8, 4) is 0 Å². The third-order valence-electron chi connectivity index (χ3n) is 3.68. The van der Waals surface area contributed by atoms with Crippen molar-refractivity contribution in [3.05, 3.63) is 30.3 Å². The highest BCUT2D eigenvalue weighted by molar-refractivity contribution is 7.99. The first kappa shape index (κ1) is 16.2. The van der Waals surface area contributed by atoms with Crippen LogP contribution in [0.1, 0.15) is 44.9 Å². The second kappa shape index (κ2) is 9.72. The van der Waals surface area contributed by atoms with Crippen LogP contribution in [0.2, 0.25) is 0 Å². The van der Waals surface area contributed by atoms with Crippen molar-refractivity contribution in [2.45, 2.75) is 55.9 Å². The molecule has 1 aromatic carbocycles. The first-order chi connectivity index (χ1) is 10.3. The van der Waals surface area contributed by atoms with Gasteiger partial charge in [-0.25, -0.2) is 4.79 Å². The molecule has 0 radical (unpaired) electrons. The first-order valence-electron chi connectivity index (χ1n) is 7.97. The van der Waals surface area contributed by atoms with Gasteiger partial charge in [0, 0.05) is 11.4 Å². The molecule has 1 amide bonds. The quantitative estimate of drug-likeness (QED) is 0.590. The Kier molecular flexibility index (Phi) is 7.50. The molecular weight excluding hydrogens is 282 g/mol. The van der Waals surface area contributed by atoms with Gasteiger partial charge in [-0.3, -0.25) is 0 Å². The maximum Gasteiger partial charge on any atom is 0.407 e. The van der Waals surface area contributed by atoms with Crippen LogP contribution in [0.25, 0.3) is 0 Å². The van der Waals surface area contributed by atoms with Crippen molar-refractivity contribution in [3.63, 3.8) is 0 Å². The lowest BCUT2D eigenvalue weighted by Gasteiger charge is -2.21. The summed E-state index contributed by atoms with van der Waals surface area (Å²) in [6, 6.07) is 10.4. The molecule has 1 fully saturated rings. The molecule has 116 valence electrons. The van der Waals surface area contributed by atoms with Gasteiger partial charge in [0.2, 0.25) is 0 Å². The van der Waals surface area contributed by atoms with Crippen molar-refractivity contribution < 1.29 is 9.53 Å². The highest BCUT2D eigenvalue weighted by Crippen LogP contribution is 2.20. The molecule has 0 spiro atoms. The van der Waals surface area contributed by atoms with Crippen LogP contribution in [-0.2, 0) is 4.74 Å². The molecule has 0 aliphatic heterocycles. The van der Waals surface area contributed by atoms with E-state index in [1.165, 1.54) is 24.2 Å². The molecule has 0 unspecified atom stereocenters. The van der Waals surface area contributed by atoms with Crippen molar-refractivity contribution >= 4 is 17.9 Å². The van der Waals surface area contributed by atoms with Crippen LogP contribution in [-0.4, -0.2) is 24.5 Å². The third kappa shape index (κ3) is 6.89. The average Bonchev–Trinajstić information content (AvgIpc) is 2.53. The van der Waals surface area contributed by atoms with Gasteiger partial charge in [-0.1, -0.05) is 24.6 Å².